The molecule has 3 nitrogen and oxygen atoms in total. The Bertz CT molecular complexity index is 594. The number of anilines is 1. The van der Waals surface area contributed by atoms with Crippen LogP contribution in [0.4, 0.5) is 5.69 Å². The van der Waals surface area contributed by atoms with E-state index in [1.165, 1.54) is 0 Å². The lowest BCUT2D eigenvalue weighted by atomic mass is 10.1. The molecule has 0 aliphatic heterocycles. The molecule has 0 atom stereocenters. The fourth-order valence-electron chi connectivity index (χ4n) is 1.76. The molecular weight excluding hydrogens is 262 g/mol. The first kappa shape index (κ1) is 13.4. The summed E-state index contributed by atoms with van der Waals surface area (Å²) in [5.74, 6) is -0.912. The summed E-state index contributed by atoms with van der Waals surface area (Å²) in [5.41, 5.74) is 3.30. The van der Waals surface area contributed by atoms with Gasteiger partial charge >= 0.3 is 5.97 Å². The summed E-state index contributed by atoms with van der Waals surface area (Å²) >= 11 is 6.05. The quantitative estimate of drug-likeness (QED) is 0.888. The molecule has 0 saturated carbocycles. The molecule has 2 aromatic carbocycles. The Morgan fingerprint density at radius 3 is 2.53 bits per heavy atom. The highest BCUT2D eigenvalue weighted by atomic mass is 35.5. The minimum atomic E-state index is -0.912. The van der Waals surface area contributed by atoms with E-state index >= 15 is 0 Å². The lowest BCUT2D eigenvalue weighted by molar-refractivity contribution is 0.0697. The summed E-state index contributed by atoms with van der Waals surface area (Å²) in [6.45, 7) is 2.58. The van der Waals surface area contributed by atoms with Crippen LogP contribution in [0.2, 0.25) is 5.02 Å². The van der Waals surface area contributed by atoms with Gasteiger partial charge in [-0.05, 0) is 42.3 Å². The second kappa shape index (κ2) is 5.76. The van der Waals surface area contributed by atoms with Crippen LogP contribution >= 0.6 is 11.6 Å². The Morgan fingerprint density at radius 1 is 1.21 bits per heavy atom. The molecule has 4 heteroatoms. The first-order chi connectivity index (χ1) is 9.08. The second-order valence-corrected chi connectivity index (χ2v) is 4.68. The summed E-state index contributed by atoms with van der Waals surface area (Å²) in [4.78, 5) is 10.7. The van der Waals surface area contributed by atoms with Crippen molar-refractivity contribution in [2.45, 2.75) is 13.5 Å². The Morgan fingerprint density at radius 2 is 1.89 bits per heavy atom. The zero-order valence-corrected chi connectivity index (χ0v) is 11.2. The van der Waals surface area contributed by atoms with Gasteiger partial charge in [-0.2, -0.15) is 0 Å². The number of aromatic carboxylic acids is 1. The molecule has 0 aliphatic carbocycles. The molecule has 0 bridgehead atoms. The standard InChI is InChI=1S/C15H14ClNO2/c1-10-13(16)3-2-4-14(10)17-9-11-5-7-12(8-6-11)15(18)19/h2-8,17H,9H2,1H3,(H,18,19). The van der Waals surface area contributed by atoms with Gasteiger partial charge in [-0.3, -0.25) is 0 Å². The zero-order chi connectivity index (χ0) is 13.8. The van der Waals surface area contributed by atoms with E-state index in [1.807, 2.05) is 25.1 Å². The Kier molecular flexibility index (Phi) is 4.07. The Hall–Kier alpha value is -2.00. The number of hydrogen-bond acceptors (Lipinski definition) is 2. The molecule has 98 valence electrons. The van der Waals surface area contributed by atoms with Crippen molar-refractivity contribution < 1.29 is 9.90 Å². The van der Waals surface area contributed by atoms with Crippen LogP contribution in [0.15, 0.2) is 42.5 Å². The molecule has 0 aliphatic rings. The van der Waals surface area contributed by atoms with Crippen molar-refractivity contribution in [2.24, 2.45) is 0 Å². The molecule has 0 unspecified atom stereocenters. The predicted molar refractivity (Wildman–Crippen MR) is 76.9 cm³/mol. The highest BCUT2D eigenvalue weighted by Gasteiger charge is 2.03. The molecule has 0 radical (unpaired) electrons. The van der Waals surface area contributed by atoms with Gasteiger partial charge in [-0.1, -0.05) is 29.8 Å². The maximum absolute atomic E-state index is 10.7. The van der Waals surface area contributed by atoms with Crippen molar-refractivity contribution in [1.29, 1.82) is 0 Å². The third-order valence-electron chi connectivity index (χ3n) is 2.95. The van der Waals surface area contributed by atoms with Gasteiger partial charge in [0.15, 0.2) is 0 Å². The SMILES string of the molecule is Cc1c(Cl)cccc1NCc1ccc(C(=O)O)cc1. The fourth-order valence-corrected chi connectivity index (χ4v) is 1.94. The van der Waals surface area contributed by atoms with Gasteiger partial charge in [0, 0.05) is 17.3 Å². The van der Waals surface area contributed by atoms with Crippen molar-refractivity contribution in [2.75, 3.05) is 5.32 Å². The van der Waals surface area contributed by atoms with Gasteiger partial charge in [-0.25, -0.2) is 4.79 Å². The van der Waals surface area contributed by atoms with Gasteiger partial charge in [0.2, 0.25) is 0 Å². The number of hydrogen-bond donors (Lipinski definition) is 2. The van der Waals surface area contributed by atoms with Gasteiger partial charge in [0.1, 0.15) is 0 Å². The second-order valence-electron chi connectivity index (χ2n) is 4.27. The van der Waals surface area contributed by atoms with Crippen LogP contribution in [0.5, 0.6) is 0 Å². The molecule has 0 aromatic heterocycles. The van der Waals surface area contributed by atoms with E-state index < -0.39 is 5.97 Å². The third-order valence-corrected chi connectivity index (χ3v) is 3.36. The van der Waals surface area contributed by atoms with Crippen LogP contribution in [-0.4, -0.2) is 11.1 Å². The minimum Gasteiger partial charge on any atom is -0.478 e. The minimum absolute atomic E-state index is 0.294. The van der Waals surface area contributed by atoms with E-state index in [9.17, 15) is 4.79 Å². The van der Waals surface area contributed by atoms with Crippen LogP contribution in [0.3, 0.4) is 0 Å². The van der Waals surface area contributed by atoms with Gasteiger partial charge in [-0.15, -0.1) is 0 Å². The molecule has 19 heavy (non-hydrogen) atoms. The number of rotatable bonds is 4. The Balaban J connectivity index is 2.06. The highest BCUT2D eigenvalue weighted by molar-refractivity contribution is 6.31. The fraction of sp³-hybridized carbons (Fsp3) is 0.133. The van der Waals surface area contributed by atoms with E-state index in [2.05, 4.69) is 5.32 Å². The number of carboxylic acid groups (broad SMARTS) is 1. The van der Waals surface area contributed by atoms with Crippen LogP contribution in [0.25, 0.3) is 0 Å². The van der Waals surface area contributed by atoms with Crippen LogP contribution in [-0.2, 0) is 6.54 Å². The number of carbonyl (C=O) groups is 1. The van der Waals surface area contributed by atoms with Crippen molar-refractivity contribution in [3.05, 3.63) is 64.2 Å². The van der Waals surface area contributed by atoms with E-state index in [1.54, 1.807) is 24.3 Å². The first-order valence-electron chi connectivity index (χ1n) is 5.89. The van der Waals surface area contributed by atoms with E-state index in [0.717, 1.165) is 21.8 Å². The first-order valence-corrected chi connectivity index (χ1v) is 6.27. The maximum Gasteiger partial charge on any atom is 0.335 e. The molecule has 0 heterocycles. The zero-order valence-electron chi connectivity index (χ0n) is 10.5. The number of nitrogens with one attached hydrogen (secondary N) is 1. The molecular formula is C15H14ClNO2. The van der Waals surface area contributed by atoms with Crippen molar-refractivity contribution >= 4 is 23.3 Å². The molecule has 0 amide bonds. The summed E-state index contributed by atoms with van der Waals surface area (Å²) in [5, 5.41) is 12.8. The topological polar surface area (TPSA) is 49.3 Å². The molecule has 0 saturated heterocycles. The molecule has 2 N–H and O–H groups in total. The van der Waals surface area contributed by atoms with Gasteiger partial charge < -0.3 is 10.4 Å². The molecule has 2 rings (SSSR count). The Labute approximate surface area is 116 Å². The largest absolute Gasteiger partial charge is 0.478 e. The van der Waals surface area contributed by atoms with E-state index in [4.69, 9.17) is 16.7 Å². The summed E-state index contributed by atoms with van der Waals surface area (Å²) in [7, 11) is 0. The molecule has 0 spiro atoms. The van der Waals surface area contributed by atoms with E-state index in [0.29, 0.717) is 12.1 Å². The average Bonchev–Trinajstić information content (AvgIpc) is 2.41. The van der Waals surface area contributed by atoms with Crippen LogP contribution < -0.4 is 5.32 Å². The number of halogens is 1. The summed E-state index contributed by atoms with van der Waals surface area (Å²) in [6, 6.07) is 12.5. The lowest BCUT2D eigenvalue weighted by Crippen LogP contribution is -2.02. The van der Waals surface area contributed by atoms with Crippen molar-refractivity contribution in [3.63, 3.8) is 0 Å². The lowest BCUT2D eigenvalue weighted by Gasteiger charge is -2.10. The molecule has 2 aromatic rings. The van der Waals surface area contributed by atoms with Gasteiger partial charge in [0.05, 0.1) is 5.56 Å². The summed E-state index contributed by atoms with van der Waals surface area (Å²) < 4.78 is 0. The average molecular weight is 276 g/mol. The van der Waals surface area contributed by atoms with E-state index in [-0.39, 0.29) is 0 Å². The van der Waals surface area contributed by atoms with Gasteiger partial charge in [0.25, 0.3) is 0 Å². The number of carboxylic acids is 1. The smallest absolute Gasteiger partial charge is 0.335 e. The van der Waals surface area contributed by atoms with Crippen molar-refractivity contribution in [3.8, 4) is 0 Å². The van der Waals surface area contributed by atoms with Crippen LogP contribution in [0, 0.1) is 6.92 Å². The molecule has 0 fully saturated rings. The number of benzene rings is 2. The monoisotopic (exact) mass is 275 g/mol. The maximum atomic E-state index is 10.7. The normalized spacial score (nSPS) is 10.2. The third kappa shape index (κ3) is 3.26. The summed E-state index contributed by atoms with van der Waals surface area (Å²) in [6.07, 6.45) is 0. The van der Waals surface area contributed by atoms with Crippen LogP contribution in [0.1, 0.15) is 21.5 Å². The van der Waals surface area contributed by atoms with Crippen molar-refractivity contribution in [1.82, 2.24) is 0 Å². The highest BCUT2D eigenvalue weighted by Crippen LogP contribution is 2.23. The predicted octanol–water partition coefficient (Wildman–Crippen LogP) is 3.96.